The van der Waals surface area contributed by atoms with Crippen molar-refractivity contribution in [2.24, 2.45) is 5.73 Å². The molecule has 0 heterocycles. The molecule has 0 radical (unpaired) electrons. The van der Waals surface area contributed by atoms with Crippen molar-refractivity contribution in [2.75, 3.05) is 18.6 Å². The summed E-state index contributed by atoms with van der Waals surface area (Å²) in [5.41, 5.74) is 8.54. The first kappa shape index (κ1) is 13.2. The maximum atomic E-state index is 6.14. The largest absolute Gasteiger partial charge is 0.496 e. The van der Waals surface area contributed by atoms with Gasteiger partial charge in [0.25, 0.3) is 0 Å². The van der Waals surface area contributed by atoms with Crippen LogP contribution >= 0.6 is 0 Å². The Labute approximate surface area is 110 Å². The van der Waals surface area contributed by atoms with Crippen LogP contribution in [0.4, 0.5) is 5.69 Å². The van der Waals surface area contributed by atoms with Gasteiger partial charge in [-0.15, -0.1) is 0 Å². The lowest BCUT2D eigenvalue weighted by molar-refractivity contribution is 0.407. The predicted molar refractivity (Wildman–Crippen MR) is 76.3 cm³/mol. The quantitative estimate of drug-likeness (QED) is 0.840. The van der Waals surface area contributed by atoms with E-state index in [4.69, 9.17) is 10.5 Å². The number of anilines is 1. The topological polar surface area (TPSA) is 38.5 Å². The van der Waals surface area contributed by atoms with Crippen molar-refractivity contribution in [3.63, 3.8) is 0 Å². The Kier molecular flexibility index (Phi) is 4.12. The molecule has 2 N–H and O–H groups in total. The van der Waals surface area contributed by atoms with Crippen molar-refractivity contribution in [1.29, 1.82) is 0 Å². The third kappa shape index (κ3) is 2.61. The van der Waals surface area contributed by atoms with Gasteiger partial charge in [-0.25, -0.2) is 0 Å². The fourth-order valence-corrected chi connectivity index (χ4v) is 2.55. The first-order valence-electron chi connectivity index (χ1n) is 6.88. The molecule has 1 aliphatic carbocycles. The minimum atomic E-state index is -0.00532. The van der Waals surface area contributed by atoms with Crippen LogP contribution in [0.15, 0.2) is 18.2 Å². The molecule has 1 aliphatic rings. The van der Waals surface area contributed by atoms with Crippen LogP contribution in [0.5, 0.6) is 5.75 Å². The molecule has 0 bridgehead atoms. The highest BCUT2D eigenvalue weighted by Crippen LogP contribution is 2.39. The minimum Gasteiger partial charge on any atom is -0.496 e. The van der Waals surface area contributed by atoms with Crippen LogP contribution in [-0.2, 0) is 0 Å². The molecular weight excluding hydrogens is 224 g/mol. The summed E-state index contributed by atoms with van der Waals surface area (Å²) >= 11 is 0. The average molecular weight is 248 g/mol. The SMILES string of the molecule is CCCN(c1cccc(OC)c1C(C)N)C1CC1. The van der Waals surface area contributed by atoms with Crippen molar-refractivity contribution in [1.82, 2.24) is 0 Å². The zero-order valence-electron chi connectivity index (χ0n) is 11.6. The Morgan fingerprint density at radius 3 is 2.67 bits per heavy atom. The molecule has 0 aromatic heterocycles. The van der Waals surface area contributed by atoms with E-state index in [0.717, 1.165) is 24.3 Å². The normalized spacial score (nSPS) is 16.4. The van der Waals surface area contributed by atoms with Gasteiger partial charge in [0.2, 0.25) is 0 Å². The van der Waals surface area contributed by atoms with E-state index in [0.29, 0.717) is 6.04 Å². The minimum absolute atomic E-state index is 0.00532. The van der Waals surface area contributed by atoms with Gasteiger partial charge >= 0.3 is 0 Å². The van der Waals surface area contributed by atoms with Crippen molar-refractivity contribution in [3.05, 3.63) is 23.8 Å². The van der Waals surface area contributed by atoms with E-state index in [1.54, 1.807) is 7.11 Å². The molecule has 1 fully saturated rings. The molecule has 2 rings (SSSR count). The van der Waals surface area contributed by atoms with Gasteiger partial charge in [-0.2, -0.15) is 0 Å². The van der Waals surface area contributed by atoms with E-state index in [-0.39, 0.29) is 6.04 Å². The van der Waals surface area contributed by atoms with Gasteiger partial charge in [-0.1, -0.05) is 13.0 Å². The predicted octanol–water partition coefficient (Wildman–Crippen LogP) is 3.09. The van der Waals surface area contributed by atoms with Gasteiger partial charge in [0, 0.05) is 29.9 Å². The second-order valence-corrected chi connectivity index (χ2v) is 5.11. The molecule has 0 spiro atoms. The van der Waals surface area contributed by atoms with Crippen LogP contribution in [-0.4, -0.2) is 19.7 Å². The fraction of sp³-hybridized carbons (Fsp3) is 0.600. The molecule has 3 heteroatoms. The Morgan fingerprint density at radius 1 is 1.44 bits per heavy atom. The number of methoxy groups -OCH3 is 1. The zero-order valence-corrected chi connectivity index (χ0v) is 11.6. The Morgan fingerprint density at radius 2 is 2.17 bits per heavy atom. The first-order chi connectivity index (χ1) is 8.69. The summed E-state index contributed by atoms with van der Waals surface area (Å²) in [6.45, 7) is 5.34. The summed E-state index contributed by atoms with van der Waals surface area (Å²) in [4.78, 5) is 2.50. The number of nitrogens with two attached hydrogens (primary N) is 1. The highest BCUT2D eigenvalue weighted by atomic mass is 16.5. The second-order valence-electron chi connectivity index (χ2n) is 5.11. The molecule has 1 aromatic rings. The van der Waals surface area contributed by atoms with Gasteiger partial charge in [-0.3, -0.25) is 0 Å². The monoisotopic (exact) mass is 248 g/mol. The number of benzene rings is 1. The van der Waals surface area contributed by atoms with Crippen LogP contribution < -0.4 is 15.4 Å². The standard InChI is InChI=1S/C15H24N2O/c1-4-10-17(12-8-9-12)13-6-5-7-14(18-3)15(13)11(2)16/h5-7,11-12H,4,8-10,16H2,1-3H3. The third-order valence-electron chi connectivity index (χ3n) is 3.48. The highest BCUT2D eigenvalue weighted by Gasteiger charge is 2.31. The number of nitrogens with zero attached hydrogens (tertiary/aromatic N) is 1. The number of rotatable bonds is 6. The van der Waals surface area contributed by atoms with E-state index >= 15 is 0 Å². The summed E-state index contributed by atoms with van der Waals surface area (Å²) in [5, 5.41) is 0. The van der Waals surface area contributed by atoms with Gasteiger partial charge in [0.1, 0.15) is 5.75 Å². The van der Waals surface area contributed by atoms with Crippen LogP contribution in [0.2, 0.25) is 0 Å². The first-order valence-corrected chi connectivity index (χ1v) is 6.88. The van der Waals surface area contributed by atoms with Crippen molar-refractivity contribution >= 4 is 5.69 Å². The molecule has 18 heavy (non-hydrogen) atoms. The Bertz CT molecular complexity index is 399. The molecule has 1 aromatic carbocycles. The smallest absolute Gasteiger partial charge is 0.125 e. The van der Waals surface area contributed by atoms with Crippen LogP contribution in [0, 0.1) is 0 Å². The lowest BCUT2D eigenvalue weighted by Gasteiger charge is -2.29. The molecule has 100 valence electrons. The summed E-state index contributed by atoms with van der Waals surface area (Å²) in [5.74, 6) is 0.907. The number of hydrogen-bond acceptors (Lipinski definition) is 3. The summed E-state index contributed by atoms with van der Waals surface area (Å²) in [6.07, 6.45) is 3.76. The Hall–Kier alpha value is -1.22. The highest BCUT2D eigenvalue weighted by molar-refractivity contribution is 5.62. The number of hydrogen-bond donors (Lipinski definition) is 1. The molecular formula is C15H24N2O. The molecule has 0 aliphatic heterocycles. The summed E-state index contributed by atoms with van der Waals surface area (Å²) in [7, 11) is 1.71. The van der Waals surface area contributed by atoms with E-state index < -0.39 is 0 Å². The van der Waals surface area contributed by atoms with Crippen molar-refractivity contribution in [2.45, 2.75) is 45.2 Å². The summed E-state index contributed by atoms with van der Waals surface area (Å²) in [6, 6.07) is 6.93. The van der Waals surface area contributed by atoms with Gasteiger partial charge < -0.3 is 15.4 Å². The maximum Gasteiger partial charge on any atom is 0.125 e. The van der Waals surface area contributed by atoms with Crippen LogP contribution in [0.25, 0.3) is 0 Å². The van der Waals surface area contributed by atoms with E-state index in [1.165, 1.54) is 18.5 Å². The lowest BCUT2D eigenvalue weighted by Crippen LogP contribution is -2.28. The van der Waals surface area contributed by atoms with E-state index in [9.17, 15) is 0 Å². The maximum absolute atomic E-state index is 6.14. The molecule has 0 saturated heterocycles. The van der Waals surface area contributed by atoms with Crippen LogP contribution in [0.3, 0.4) is 0 Å². The average Bonchev–Trinajstić information content (AvgIpc) is 3.19. The fourth-order valence-electron chi connectivity index (χ4n) is 2.55. The molecule has 1 atom stereocenters. The third-order valence-corrected chi connectivity index (χ3v) is 3.48. The lowest BCUT2D eigenvalue weighted by atomic mass is 10.0. The van der Waals surface area contributed by atoms with Crippen molar-refractivity contribution < 1.29 is 4.74 Å². The Balaban J connectivity index is 2.40. The number of ether oxygens (including phenoxy) is 1. The second kappa shape index (κ2) is 5.61. The van der Waals surface area contributed by atoms with E-state index in [1.807, 2.05) is 13.0 Å². The molecule has 3 nitrogen and oxygen atoms in total. The van der Waals surface area contributed by atoms with Gasteiger partial charge in [0.05, 0.1) is 7.11 Å². The van der Waals surface area contributed by atoms with Crippen molar-refractivity contribution in [3.8, 4) is 5.75 Å². The molecule has 0 amide bonds. The molecule has 1 saturated carbocycles. The zero-order chi connectivity index (χ0) is 13.1. The van der Waals surface area contributed by atoms with E-state index in [2.05, 4.69) is 24.0 Å². The molecule has 1 unspecified atom stereocenters. The van der Waals surface area contributed by atoms with Crippen LogP contribution in [0.1, 0.15) is 44.7 Å². The summed E-state index contributed by atoms with van der Waals surface area (Å²) < 4.78 is 5.47. The van der Waals surface area contributed by atoms with Gasteiger partial charge in [-0.05, 0) is 38.3 Å². The van der Waals surface area contributed by atoms with Gasteiger partial charge in [0.15, 0.2) is 0 Å².